The van der Waals surface area contributed by atoms with Gasteiger partial charge in [-0.15, -0.1) is 0 Å². The number of nitrogens with two attached hydrogens (primary N) is 1. The molecule has 0 spiro atoms. The van der Waals surface area contributed by atoms with Crippen LogP contribution in [0, 0.1) is 0 Å². The Morgan fingerprint density at radius 2 is 1.95 bits per heavy atom. The first-order chi connectivity index (χ1) is 18.6. The molecule has 10 nitrogen and oxygen atoms in total. The van der Waals surface area contributed by atoms with Crippen LogP contribution in [0.2, 0.25) is 0 Å². The van der Waals surface area contributed by atoms with Gasteiger partial charge in [-0.05, 0) is 49.6 Å². The Balaban J connectivity index is 1.44. The van der Waals surface area contributed by atoms with Crippen LogP contribution in [-0.4, -0.2) is 58.4 Å². The van der Waals surface area contributed by atoms with Gasteiger partial charge in [-0.25, -0.2) is 4.99 Å². The molecular formula is C29H38N4O6. The fourth-order valence-electron chi connectivity index (χ4n) is 5.83. The molecule has 2 aromatic rings. The van der Waals surface area contributed by atoms with Crippen LogP contribution >= 0.6 is 0 Å². The number of guanidine groups is 1. The van der Waals surface area contributed by atoms with Gasteiger partial charge in [0.2, 0.25) is 5.91 Å². The molecule has 0 aromatic heterocycles. The molecule has 2 aromatic carbocycles. The van der Waals surface area contributed by atoms with Crippen LogP contribution in [0.3, 0.4) is 0 Å². The molecule has 4 atom stereocenters. The number of hydrogen-bond donors (Lipinski definition) is 4. The fourth-order valence-corrected chi connectivity index (χ4v) is 5.83. The van der Waals surface area contributed by atoms with Gasteiger partial charge in [-0.1, -0.05) is 19.9 Å². The van der Waals surface area contributed by atoms with Crippen molar-refractivity contribution in [2.45, 2.75) is 75.9 Å². The lowest BCUT2D eigenvalue weighted by molar-refractivity contribution is -0.132. The standard InChI is InChI=1S/C29H38N4O6/c1-5-29(6-2)15-24(34)33(27(30)32-29)21-11-12-38-22-10-7-17(13-20(21)22)26(35)31-25-19-9-8-18(37-4)14-23(19)39-16-28(25,3)36/h7-10,13-14,21,25-26,31,35-36H,5-6,11-12,15-16H2,1-4H3,(H2,30,32)/t21-,25?,26?,28?/m1/s1. The molecule has 0 radical (unpaired) electrons. The lowest BCUT2D eigenvalue weighted by atomic mass is 9.86. The number of fused-ring (bicyclic) bond motifs is 2. The molecule has 10 heteroatoms. The van der Waals surface area contributed by atoms with Crippen molar-refractivity contribution in [3.05, 3.63) is 53.1 Å². The molecule has 0 fully saturated rings. The van der Waals surface area contributed by atoms with E-state index in [0.717, 1.165) is 18.4 Å². The molecule has 0 aliphatic carbocycles. The Morgan fingerprint density at radius 3 is 2.64 bits per heavy atom. The van der Waals surface area contributed by atoms with Crippen LogP contribution < -0.4 is 25.3 Å². The van der Waals surface area contributed by atoms with E-state index in [1.807, 2.05) is 26.0 Å². The van der Waals surface area contributed by atoms with E-state index >= 15 is 0 Å². The average Bonchev–Trinajstić information content (AvgIpc) is 2.93. The lowest BCUT2D eigenvalue weighted by Crippen LogP contribution is -2.53. The molecular weight excluding hydrogens is 500 g/mol. The van der Waals surface area contributed by atoms with Crippen molar-refractivity contribution in [2.24, 2.45) is 10.7 Å². The summed E-state index contributed by atoms with van der Waals surface area (Å²) in [5.41, 5.74) is 6.70. The summed E-state index contributed by atoms with van der Waals surface area (Å²) in [7, 11) is 1.58. The van der Waals surface area contributed by atoms with Crippen molar-refractivity contribution in [3.63, 3.8) is 0 Å². The Bertz CT molecular complexity index is 1270. The van der Waals surface area contributed by atoms with E-state index < -0.39 is 23.4 Å². The van der Waals surface area contributed by atoms with E-state index in [-0.39, 0.29) is 24.5 Å². The highest BCUT2D eigenvalue weighted by atomic mass is 16.5. The molecule has 3 aliphatic rings. The van der Waals surface area contributed by atoms with Gasteiger partial charge >= 0.3 is 0 Å². The number of ether oxygens (including phenoxy) is 3. The van der Waals surface area contributed by atoms with Crippen LogP contribution in [0.25, 0.3) is 0 Å². The first-order valence-electron chi connectivity index (χ1n) is 13.5. The van der Waals surface area contributed by atoms with Crippen molar-refractivity contribution < 1.29 is 29.2 Å². The van der Waals surface area contributed by atoms with Crippen LogP contribution in [0.5, 0.6) is 17.2 Å². The largest absolute Gasteiger partial charge is 0.497 e. The predicted octanol–water partition coefficient (Wildman–Crippen LogP) is 3.09. The number of aliphatic hydroxyl groups is 2. The zero-order valence-electron chi connectivity index (χ0n) is 22.9. The van der Waals surface area contributed by atoms with E-state index in [2.05, 4.69) is 5.32 Å². The predicted molar refractivity (Wildman–Crippen MR) is 146 cm³/mol. The van der Waals surface area contributed by atoms with E-state index in [9.17, 15) is 15.0 Å². The molecule has 0 saturated heterocycles. The van der Waals surface area contributed by atoms with Gasteiger partial charge in [0.25, 0.3) is 0 Å². The van der Waals surface area contributed by atoms with Crippen LogP contribution in [-0.2, 0) is 4.79 Å². The number of carbonyl (C=O) groups excluding carboxylic acids is 1. The average molecular weight is 539 g/mol. The van der Waals surface area contributed by atoms with Crippen molar-refractivity contribution in [1.82, 2.24) is 10.2 Å². The molecule has 5 rings (SSSR count). The van der Waals surface area contributed by atoms with Gasteiger partial charge in [0, 0.05) is 23.6 Å². The maximum atomic E-state index is 13.4. The quantitative estimate of drug-likeness (QED) is 0.395. The second kappa shape index (κ2) is 10.3. The molecule has 5 N–H and O–H groups in total. The third-order valence-corrected chi connectivity index (χ3v) is 8.33. The molecule has 3 heterocycles. The monoisotopic (exact) mass is 538 g/mol. The second-order valence-electron chi connectivity index (χ2n) is 10.8. The maximum absolute atomic E-state index is 13.4. The Kier molecular flexibility index (Phi) is 7.21. The van der Waals surface area contributed by atoms with E-state index in [0.29, 0.717) is 47.8 Å². The van der Waals surface area contributed by atoms with Crippen molar-refractivity contribution in [2.75, 3.05) is 20.3 Å². The number of nitrogens with zero attached hydrogens (tertiary/aromatic N) is 2. The highest BCUT2D eigenvalue weighted by Gasteiger charge is 2.43. The van der Waals surface area contributed by atoms with Crippen LogP contribution in [0.15, 0.2) is 41.4 Å². The number of aliphatic imine (C=N–C) groups is 1. The van der Waals surface area contributed by atoms with Gasteiger partial charge in [0.1, 0.15) is 35.7 Å². The number of methoxy groups -OCH3 is 1. The Hall–Kier alpha value is -3.34. The third kappa shape index (κ3) is 4.92. The SMILES string of the molecule is CCC1(CC)CC(=O)N([C@@H]2CCOc3ccc(C(O)NC4c5ccc(OC)cc5OCC4(C)O)cc32)C(N)=N1. The van der Waals surface area contributed by atoms with Crippen molar-refractivity contribution in [1.29, 1.82) is 0 Å². The highest BCUT2D eigenvalue weighted by molar-refractivity contribution is 5.99. The molecule has 3 unspecified atom stereocenters. The maximum Gasteiger partial charge on any atom is 0.232 e. The molecule has 0 saturated carbocycles. The van der Waals surface area contributed by atoms with Crippen LogP contribution in [0.4, 0.5) is 0 Å². The van der Waals surface area contributed by atoms with Gasteiger partial charge in [-0.2, -0.15) is 0 Å². The number of hydrogen-bond acceptors (Lipinski definition) is 9. The summed E-state index contributed by atoms with van der Waals surface area (Å²) in [6.07, 6.45) is 1.21. The summed E-state index contributed by atoms with van der Waals surface area (Å²) in [4.78, 5) is 19.7. The smallest absolute Gasteiger partial charge is 0.232 e. The number of amides is 1. The number of rotatable bonds is 7. The summed E-state index contributed by atoms with van der Waals surface area (Å²) < 4.78 is 17.0. The number of benzene rings is 2. The molecule has 1 amide bonds. The summed E-state index contributed by atoms with van der Waals surface area (Å²) in [6, 6.07) is 9.81. The summed E-state index contributed by atoms with van der Waals surface area (Å²) in [5, 5.41) is 25.6. The number of nitrogens with one attached hydrogen (secondary N) is 1. The molecule has 39 heavy (non-hydrogen) atoms. The van der Waals surface area contributed by atoms with Gasteiger partial charge < -0.3 is 30.2 Å². The first-order valence-corrected chi connectivity index (χ1v) is 13.5. The first kappa shape index (κ1) is 27.2. The normalized spacial score (nSPS) is 26.5. The number of carbonyl (C=O) groups is 1. The second-order valence-corrected chi connectivity index (χ2v) is 10.8. The Labute approximate surface area is 228 Å². The zero-order chi connectivity index (χ0) is 27.9. The van der Waals surface area contributed by atoms with E-state index in [1.54, 1.807) is 43.2 Å². The summed E-state index contributed by atoms with van der Waals surface area (Å²) >= 11 is 0. The summed E-state index contributed by atoms with van der Waals surface area (Å²) in [5.74, 6) is 2.03. The number of aliphatic hydroxyl groups excluding tert-OH is 1. The van der Waals surface area contributed by atoms with Gasteiger partial charge in [-0.3, -0.25) is 15.0 Å². The lowest BCUT2D eigenvalue weighted by Gasteiger charge is -2.42. The summed E-state index contributed by atoms with van der Waals surface area (Å²) in [6.45, 7) is 6.20. The molecule has 210 valence electrons. The molecule has 0 bridgehead atoms. The minimum atomic E-state index is -1.28. The van der Waals surface area contributed by atoms with Gasteiger partial charge in [0.05, 0.1) is 37.8 Å². The minimum absolute atomic E-state index is 0.0460. The zero-order valence-corrected chi connectivity index (χ0v) is 22.9. The minimum Gasteiger partial charge on any atom is -0.497 e. The van der Waals surface area contributed by atoms with E-state index in [1.165, 1.54) is 0 Å². The van der Waals surface area contributed by atoms with Crippen molar-refractivity contribution in [3.8, 4) is 17.2 Å². The topological polar surface area (TPSA) is 139 Å². The van der Waals surface area contributed by atoms with E-state index in [4.69, 9.17) is 24.9 Å². The van der Waals surface area contributed by atoms with Gasteiger partial charge in [0.15, 0.2) is 5.96 Å². The van der Waals surface area contributed by atoms with Crippen LogP contribution in [0.1, 0.15) is 81.5 Å². The fraction of sp³-hybridized carbons (Fsp3) is 0.517. The molecule has 3 aliphatic heterocycles. The Morgan fingerprint density at radius 1 is 1.18 bits per heavy atom. The highest BCUT2D eigenvalue weighted by Crippen LogP contribution is 2.43. The third-order valence-electron chi connectivity index (χ3n) is 8.33. The van der Waals surface area contributed by atoms with Crippen molar-refractivity contribution >= 4 is 11.9 Å².